The highest BCUT2D eigenvalue weighted by Gasteiger charge is 2.24. The van der Waals surface area contributed by atoms with Crippen molar-refractivity contribution in [3.8, 4) is 0 Å². The lowest BCUT2D eigenvalue weighted by Crippen LogP contribution is -2.50. The number of nitrogens with one attached hydrogen (secondary N) is 3. The van der Waals surface area contributed by atoms with E-state index in [0.29, 0.717) is 40.9 Å². The number of hydrazine groups is 1. The number of aromatic nitrogens is 1. The van der Waals surface area contributed by atoms with E-state index in [1.54, 1.807) is 66.9 Å². The molecule has 0 aliphatic rings. The van der Waals surface area contributed by atoms with Gasteiger partial charge in [0.05, 0.1) is 11.1 Å². The largest absolute Gasteiger partial charge is 0.447 e. The maximum Gasteiger partial charge on any atom is 0.412 e. The number of nitrogens with zero attached hydrogens (tertiary/aromatic N) is 2. The smallest absolute Gasteiger partial charge is 0.412 e. The van der Waals surface area contributed by atoms with Crippen LogP contribution in [0.15, 0.2) is 109 Å². The van der Waals surface area contributed by atoms with Crippen LogP contribution in [-0.2, 0) is 16.1 Å². The maximum atomic E-state index is 14.1. The van der Waals surface area contributed by atoms with Crippen LogP contribution in [0.25, 0.3) is 10.8 Å². The molecule has 0 radical (unpaired) electrons. The minimum Gasteiger partial charge on any atom is -0.447 e. The second-order valence-electron chi connectivity index (χ2n) is 11.4. The van der Waals surface area contributed by atoms with Gasteiger partial charge >= 0.3 is 6.09 Å². The third kappa shape index (κ3) is 9.49. The van der Waals surface area contributed by atoms with Crippen molar-refractivity contribution in [1.29, 1.82) is 0 Å². The molecule has 0 saturated heterocycles. The van der Waals surface area contributed by atoms with Gasteiger partial charge in [-0.15, -0.1) is 0 Å². The number of ether oxygens (including phenoxy) is 1. The molecule has 0 aliphatic heterocycles. The van der Waals surface area contributed by atoms with Gasteiger partial charge in [0.2, 0.25) is 5.91 Å². The Balaban J connectivity index is 1.22. The number of ketones is 1. The van der Waals surface area contributed by atoms with E-state index in [2.05, 4.69) is 21.0 Å². The van der Waals surface area contributed by atoms with Crippen LogP contribution in [0.2, 0.25) is 5.02 Å². The van der Waals surface area contributed by atoms with E-state index in [0.717, 1.165) is 10.8 Å². The third-order valence-corrected chi connectivity index (χ3v) is 8.29. The average Bonchev–Trinajstić information content (AvgIpc) is 3.13. The van der Waals surface area contributed by atoms with Crippen LogP contribution in [0.1, 0.15) is 51.6 Å². The van der Waals surface area contributed by atoms with E-state index in [4.69, 9.17) is 16.3 Å². The Labute approximate surface area is 293 Å². The number of rotatable bonds is 14. The summed E-state index contributed by atoms with van der Waals surface area (Å²) < 4.78 is 19.6. The predicted molar refractivity (Wildman–Crippen MR) is 189 cm³/mol. The fraction of sp³-hybridized carbons (Fsp3) is 0.184. The Morgan fingerprint density at radius 1 is 0.860 bits per heavy atom. The predicted octanol–water partition coefficient (Wildman–Crippen LogP) is 6.94. The Morgan fingerprint density at radius 3 is 2.34 bits per heavy atom. The van der Waals surface area contributed by atoms with E-state index in [1.807, 2.05) is 30.3 Å². The molecule has 3 N–H and O–H groups in total. The summed E-state index contributed by atoms with van der Waals surface area (Å²) in [5, 5.41) is 8.50. The lowest BCUT2D eigenvalue weighted by molar-refractivity contribution is -0.136. The minimum atomic E-state index is -0.771. The Kier molecular flexibility index (Phi) is 12.2. The number of pyridine rings is 1. The highest BCUT2D eigenvalue weighted by atomic mass is 35.5. The van der Waals surface area contributed by atoms with Crippen LogP contribution in [0.5, 0.6) is 0 Å². The molecule has 0 bridgehead atoms. The molecular formula is C38H35ClFN5O5. The van der Waals surface area contributed by atoms with Gasteiger partial charge < -0.3 is 10.1 Å². The molecule has 0 saturated carbocycles. The van der Waals surface area contributed by atoms with Gasteiger partial charge in [-0.05, 0) is 48.1 Å². The summed E-state index contributed by atoms with van der Waals surface area (Å²) in [5.74, 6) is -1.24. The van der Waals surface area contributed by atoms with Crippen LogP contribution >= 0.6 is 11.6 Å². The molecule has 1 aromatic heterocycles. The number of anilines is 1. The van der Waals surface area contributed by atoms with Crippen LogP contribution in [0, 0.1) is 5.82 Å². The summed E-state index contributed by atoms with van der Waals surface area (Å²) in [7, 11) is 0. The van der Waals surface area contributed by atoms with Crippen molar-refractivity contribution in [3.63, 3.8) is 0 Å². The first-order valence-corrected chi connectivity index (χ1v) is 16.3. The Morgan fingerprint density at radius 2 is 1.56 bits per heavy atom. The summed E-state index contributed by atoms with van der Waals surface area (Å²) in [6.45, 7) is 1.38. The van der Waals surface area contributed by atoms with Crippen molar-refractivity contribution in [2.75, 3.05) is 18.5 Å². The van der Waals surface area contributed by atoms with E-state index in [9.17, 15) is 23.6 Å². The first-order chi connectivity index (χ1) is 24.2. The van der Waals surface area contributed by atoms with Crippen LogP contribution in [0.4, 0.5) is 15.0 Å². The van der Waals surface area contributed by atoms with E-state index in [1.165, 1.54) is 24.1 Å². The number of benzene rings is 4. The SMILES string of the molecule is CC(=O)N(NCc1cccc(F)c1Cl)[C@@H](CCCNC(=O)c1cccc(C(=O)c2ccccc2)c1)COC(=O)Nc1cc2ccccc2cn1. The average molecular weight is 696 g/mol. The number of carbonyl (C=O) groups excluding carboxylic acids is 4. The molecule has 3 amide bonds. The van der Waals surface area contributed by atoms with Crippen LogP contribution in [-0.4, -0.2) is 52.9 Å². The van der Waals surface area contributed by atoms with Gasteiger partial charge in [-0.1, -0.05) is 90.5 Å². The third-order valence-electron chi connectivity index (χ3n) is 7.87. The van der Waals surface area contributed by atoms with Crippen LogP contribution < -0.4 is 16.1 Å². The van der Waals surface area contributed by atoms with Crippen molar-refractivity contribution < 1.29 is 28.3 Å². The number of hydrogen-bond acceptors (Lipinski definition) is 7. The highest BCUT2D eigenvalue weighted by molar-refractivity contribution is 6.31. The zero-order chi connectivity index (χ0) is 35.5. The van der Waals surface area contributed by atoms with Gasteiger partial charge in [-0.2, -0.15) is 0 Å². The molecule has 256 valence electrons. The molecule has 0 fully saturated rings. The number of halogens is 2. The van der Waals surface area contributed by atoms with E-state index in [-0.39, 0.29) is 42.3 Å². The highest BCUT2D eigenvalue weighted by Crippen LogP contribution is 2.20. The fourth-order valence-corrected chi connectivity index (χ4v) is 5.50. The topological polar surface area (TPSA) is 130 Å². The molecule has 0 aliphatic carbocycles. The first kappa shape index (κ1) is 35.7. The molecule has 0 unspecified atom stereocenters. The molecule has 10 nitrogen and oxygen atoms in total. The van der Waals surface area contributed by atoms with Gasteiger partial charge in [-0.3, -0.25) is 24.7 Å². The van der Waals surface area contributed by atoms with Crippen molar-refractivity contribution in [2.24, 2.45) is 0 Å². The number of carbonyl (C=O) groups is 4. The summed E-state index contributed by atoms with van der Waals surface area (Å²) in [6.07, 6.45) is 1.56. The summed E-state index contributed by atoms with van der Waals surface area (Å²) in [5.41, 5.74) is 4.65. The maximum absolute atomic E-state index is 14.1. The van der Waals surface area contributed by atoms with Crippen LogP contribution in [0.3, 0.4) is 0 Å². The summed E-state index contributed by atoms with van der Waals surface area (Å²) >= 11 is 6.13. The molecule has 4 aromatic carbocycles. The lowest BCUT2D eigenvalue weighted by atomic mass is 10.0. The number of amides is 3. The van der Waals surface area contributed by atoms with Gasteiger partial charge in [0, 0.05) is 48.3 Å². The normalized spacial score (nSPS) is 11.4. The molecule has 12 heteroatoms. The van der Waals surface area contributed by atoms with Crippen molar-refractivity contribution in [3.05, 3.63) is 142 Å². The van der Waals surface area contributed by atoms with Crippen molar-refractivity contribution in [1.82, 2.24) is 20.7 Å². The fourth-order valence-electron chi connectivity index (χ4n) is 5.30. The molecule has 0 spiro atoms. The summed E-state index contributed by atoms with van der Waals surface area (Å²) in [6, 6.07) is 28.2. The van der Waals surface area contributed by atoms with Gasteiger partial charge in [-0.25, -0.2) is 19.6 Å². The molecule has 5 aromatic rings. The quantitative estimate of drug-likeness (QED) is 0.0652. The molecular weight excluding hydrogens is 661 g/mol. The second-order valence-corrected chi connectivity index (χ2v) is 11.8. The second kappa shape index (κ2) is 17.1. The van der Waals surface area contributed by atoms with Gasteiger partial charge in [0.1, 0.15) is 18.2 Å². The standard InChI is InChI=1S/C38H35ClFN5O5/c1-25(46)45(43-23-31-16-8-18-33(40)35(31)39)32(24-50-38(49)44-34-21-27-12-5-6-13-30(27)22-42-34)17-9-19-41-37(48)29-15-7-14-28(20-29)36(47)26-10-3-2-4-11-26/h2-8,10-16,18,20-22,32,43H,9,17,19,23-24H2,1H3,(H,41,48)(H,42,44,49)/t32-/m0/s1. The Bertz CT molecular complexity index is 1990. The Hall–Kier alpha value is -5.65. The van der Waals surface area contributed by atoms with Crippen molar-refractivity contribution >= 4 is 51.9 Å². The van der Waals surface area contributed by atoms with Crippen molar-refractivity contribution in [2.45, 2.75) is 32.4 Å². The van der Waals surface area contributed by atoms with E-state index >= 15 is 0 Å². The minimum absolute atomic E-state index is 0.0225. The first-order valence-electron chi connectivity index (χ1n) is 15.9. The molecule has 50 heavy (non-hydrogen) atoms. The lowest BCUT2D eigenvalue weighted by Gasteiger charge is -2.31. The number of fused-ring (bicyclic) bond motifs is 1. The van der Waals surface area contributed by atoms with E-state index < -0.39 is 18.0 Å². The summed E-state index contributed by atoms with van der Waals surface area (Å²) in [4.78, 5) is 55.8. The molecule has 1 heterocycles. The number of hydrogen-bond donors (Lipinski definition) is 3. The monoisotopic (exact) mass is 695 g/mol. The van der Waals surface area contributed by atoms with Gasteiger partial charge in [0.15, 0.2) is 5.78 Å². The zero-order valence-corrected chi connectivity index (χ0v) is 28.0. The van der Waals surface area contributed by atoms with Gasteiger partial charge in [0.25, 0.3) is 5.91 Å². The molecule has 5 rings (SSSR count). The zero-order valence-electron chi connectivity index (χ0n) is 27.2. The molecule has 1 atom stereocenters.